The Labute approximate surface area is 98.0 Å². The van der Waals surface area contributed by atoms with Crippen molar-refractivity contribution in [3.8, 4) is 5.88 Å². The van der Waals surface area contributed by atoms with Crippen LogP contribution in [-0.2, 0) is 6.54 Å². The molecule has 0 fully saturated rings. The quantitative estimate of drug-likeness (QED) is 0.799. The van der Waals surface area contributed by atoms with E-state index in [0.29, 0.717) is 18.4 Å². The van der Waals surface area contributed by atoms with Crippen LogP contribution in [0.3, 0.4) is 0 Å². The number of pyridine rings is 1. The zero-order valence-corrected chi connectivity index (χ0v) is 9.38. The van der Waals surface area contributed by atoms with Crippen LogP contribution in [0.4, 0.5) is 11.7 Å². The molecule has 0 aliphatic carbocycles. The highest BCUT2D eigenvalue weighted by Gasteiger charge is 2.04. The van der Waals surface area contributed by atoms with Crippen LogP contribution < -0.4 is 15.8 Å². The average Bonchev–Trinajstić information content (AvgIpc) is 2.80. The summed E-state index contributed by atoms with van der Waals surface area (Å²) < 4.78 is 10.4. The number of anilines is 2. The molecule has 17 heavy (non-hydrogen) atoms. The van der Waals surface area contributed by atoms with Gasteiger partial charge in [-0.1, -0.05) is 5.10 Å². The smallest absolute Gasteiger partial charge is 0.320 e. The third-order valence-electron chi connectivity index (χ3n) is 1.92. The van der Waals surface area contributed by atoms with E-state index in [4.69, 9.17) is 14.9 Å². The van der Waals surface area contributed by atoms with Gasteiger partial charge in [0, 0.05) is 6.07 Å². The van der Waals surface area contributed by atoms with E-state index in [9.17, 15) is 0 Å². The maximum absolute atomic E-state index is 5.36. The first-order valence-electron chi connectivity index (χ1n) is 5.20. The van der Waals surface area contributed by atoms with Gasteiger partial charge in [0.2, 0.25) is 11.8 Å². The fourth-order valence-electron chi connectivity index (χ4n) is 1.20. The second-order valence-electron chi connectivity index (χ2n) is 3.15. The molecular weight excluding hydrogens is 222 g/mol. The third kappa shape index (κ3) is 2.91. The Morgan fingerprint density at radius 1 is 1.41 bits per heavy atom. The summed E-state index contributed by atoms with van der Waals surface area (Å²) in [5.74, 6) is 0.956. The SMILES string of the molecule is CCOc1ccc(Nc2nnc(CN)o2)cn1. The van der Waals surface area contributed by atoms with Crippen molar-refractivity contribution < 1.29 is 9.15 Å². The van der Waals surface area contributed by atoms with Crippen molar-refractivity contribution in [3.63, 3.8) is 0 Å². The highest BCUT2D eigenvalue weighted by molar-refractivity contribution is 5.50. The lowest BCUT2D eigenvalue weighted by molar-refractivity contribution is 0.327. The van der Waals surface area contributed by atoms with Crippen LogP contribution in [0.25, 0.3) is 0 Å². The Hall–Kier alpha value is -2.15. The molecule has 0 radical (unpaired) electrons. The predicted octanol–water partition coefficient (Wildman–Crippen LogP) is 1.07. The topological polar surface area (TPSA) is 99.1 Å². The number of hydrogen-bond donors (Lipinski definition) is 2. The van der Waals surface area contributed by atoms with Crippen molar-refractivity contribution in [1.82, 2.24) is 15.2 Å². The lowest BCUT2D eigenvalue weighted by Crippen LogP contribution is -1.96. The second kappa shape index (κ2) is 5.26. The number of aromatic nitrogens is 3. The molecule has 0 aliphatic rings. The van der Waals surface area contributed by atoms with Gasteiger partial charge in [-0.3, -0.25) is 0 Å². The van der Waals surface area contributed by atoms with Crippen LogP contribution in [0.2, 0.25) is 0 Å². The molecule has 2 rings (SSSR count). The Morgan fingerprint density at radius 2 is 2.29 bits per heavy atom. The van der Waals surface area contributed by atoms with Gasteiger partial charge in [-0.25, -0.2) is 4.98 Å². The molecule has 0 bridgehead atoms. The number of rotatable bonds is 5. The summed E-state index contributed by atoms with van der Waals surface area (Å²) in [6, 6.07) is 3.85. The van der Waals surface area contributed by atoms with Crippen LogP contribution in [0.1, 0.15) is 12.8 Å². The zero-order chi connectivity index (χ0) is 12.1. The Morgan fingerprint density at radius 3 is 2.88 bits per heavy atom. The van der Waals surface area contributed by atoms with Gasteiger partial charge < -0.3 is 20.2 Å². The van der Waals surface area contributed by atoms with Gasteiger partial charge >= 0.3 is 6.01 Å². The van der Waals surface area contributed by atoms with E-state index in [1.165, 1.54) is 0 Å². The summed E-state index contributed by atoms with van der Waals surface area (Å²) in [6.07, 6.45) is 1.62. The predicted molar refractivity (Wildman–Crippen MR) is 60.9 cm³/mol. The zero-order valence-electron chi connectivity index (χ0n) is 9.38. The number of ether oxygens (including phenoxy) is 1. The maximum Gasteiger partial charge on any atom is 0.320 e. The lowest BCUT2D eigenvalue weighted by Gasteiger charge is -2.03. The standard InChI is InChI=1S/C10H13N5O2/c1-2-16-8-4-3-7(6-12-8)13-10-15-14-9(5-11)17-10/h3-4,6H,2,5,11H2,1H3,(H,13,15). The van der Waals surface area contributed by atoms with Crippen molar-refractivity contribution in [2.24, 2.45) is 5.73 Å². The molecule has 90 valence electrons. The van der Waals surface area contributed by atoms with E-state index in [-0.39, 0.29) is 12.6 Å². The summed E-state index contributed by atoms with van der Waals surface area (Å²) in [6.45, 7) is 2.71. The molecule has 2 aromatic heterocycles. The minimum Gasteiger partial charge on any atom is -0.478 e. The summed E-state index contributed by atoms with van der Waals surface area (Å²) >= 11 is 0. The van der Waals surface area contributed by atoms with E-state index in [2.05, 4.69) is 20.5 Å². The lowest BCUT2D eigenvalue weighted by atomic mass is 10.4. The molecule has 2 aromatic rings. The highest BCUT2D eigenvalue weighted by Crippen LogP contribution is 2.16. The molecule has 0 unspecified atom stereocenters. The van der Waals surface area contributed by atoms with E-state index in [1.54, 1.807) is 12.3 Å². The van der Waals surface area contributed by atoms with Gasteiger partial charge in [0.1, 0.15) is 0 Å². The van der Waals surface area contributed by atoms with Crippen LogP contribution in [0.5, 0.6) is 5.88 Å². The molecule has 0 spiro atoms. The van der Waals surface area contributed by atoms with E-state index in [1.807, 2.05) is 13.0 Å². The van der Waals surface area contributed by atoms with Crippen molar-refractivity contribution in [2.75, 3.05) is 11.9 Å². The van der Waals surface area contributed by atoms with Gasteiger partial charge in [-0.15, -0.1) is 5.10 Å². The van der Waals surface area contributed by atoms with E-state index < -0.39 is 0 Å². The van der Waals surface area contributed by atoms with Crippen molar-refractivity contribution in [1.29, 1.82) is 0 Å². The normalized spacial score (nSPS) is 10.2. The second-order valence-corrected chi connectivity index (χ2v) is 3.15. The fourth-order valence-corrected chi connectivity index (χ4v) is 1.20. The number of nitrogens with two attached hydrogens (primary N) is 1. The molecule has 2 heterocycles. The van der Waals surface area contributed by atoms with Gasteiger partial charge in [-0.05, 0) is 13.0 Å². The molecule has 0 amide bonds. The molecule has 0 atom stereocenters. The molecule has 0 saturated carbocycles. The first kappa shape index (κ1) is 11.3. The molecule has 7 heteroatoms. The van der Waals surface area contributed by atoms with Crippen molar-refractivity contribution >= 4 is 11.7 Å². The first-order chi connectivity index (χ1) is 8.31. The van der Waals surface area contributed by atoms with Crippen LogP contribution in [-0.4, -0.2) is 21.8 Å². The third-order valence-corrected chi connectivity index (χ3v) is 1.92. The number of nitrogens with zero attached hydrogens (tertiary/aromatic N) is 3. The summed E-state index contributed by atoms with van der Waals surface area (Å²) in [5.41, 5.74) is 6.09. The number of hydrogen-bond acceptors (Lipinski definition) is 7. The van der Waals surface area contributed by atoms with Crippen LogP contribution >= 0.6 is 0 Å². The fraction of sp³-hybridized carbons (Fsp3) is 0.300. The average molecular weight is 235 g/mol. The van der Waals surface area contributed by atoms with E-state index in [0.717, 1.165) is 5.69 Å². The molecule has 3 N–H and O–H groups in total. The largest absolute Gasteiger partial charge is 0.478 e. The summed E-state index contributed by atoms with van der Waals surface area (Å²) in [5, 5.41) is 10.4. The molecular formula is C10H13N5O2. The molecule has 0 saturated heterocycles. The Kier molecular flexibility index (Phi) is 3.51. The van der Waals surface area contributed by atoms with Gasteiger partial charge in [0.15, 0.2) is 0 Å². The van der Waals surface area contributed by atoms with Crippen LogP contribution in [0, 0.1) is 0 Å². The molecule has 7 nitrogen and oxygen atoms in total. The van der Waals surface area contributed by atoms with Gasteiger partial charge in [0.05, 0.1) is 25.0 Å². The van der Waals surface area contributed by atoms with Crippen LogP contribution in [0.15, 0.2) is 22.7 Å². The Balaban J connectivity index is 2.03. The number of nitrogens with one attached hydrogen (secondary N) is 1. The van der Waals surface area contributed by atoms with Crippen molar-refractivity contribution in [2.45, 2.75) is 13.5 Å². The minimum absolute atomic E-state index is 0.218. The maximum atomic E-state index is 5.36. The molecule has 0 aromatic carbocycles. The molecule has 0 aliphatic heterocycles. The van der Waals surface area contributed by atoms with Gasteiger partial charge in [0.25, 0.3) is 0 Å². The van der Waals surface area contributed by atoms with Gasteiger partial charge in [-0.2, -0.15) is 0 Å². The van der Waals surface area contributed by atoms with Crippen molar-refractivity contribution in [3.05, 3.63) is 24.2 Å². The summed E-state index contributed by atoms with van der Waals surface area (Å²) in [7, 11) is 0. The first-order valence-corrected chi connectivity index (χ1v) is 5.20. The Bertz CT molecular complexity index is 468. The monoisotopic (exact) mass is 235 g/mol. The van der Waals surface area contributed by atoms with E-state index >= 15 is 0 Å². The highest BCUT2D eigenvalue weighted by atomic mass is 16.5. The minimum atomic E-state index is 0.218. The summed E-state index contributed by atoms with van der Waals surface area (Å²) in [4.78, 5) is 4.09.